The van der Waals surface area contributed by atoms with Crippen molar-refractivity contribution >= 4 is 17.7 Å². The Morgan fingerprint density at radius 2 is 1.89 bits per heavy atom. The first-order chi connectivity index (χ1) is 13.1. The average molecular weight is 391 g/mol. The van der Waals surface area contributed by atoms with Gasteiger partial charge in [0.15, 0.2) is 11.8 Å². The van der Waals surface area contributed by atoms with E-state index in [1.807, 2.05) is 54.6 Å². The van der Waals surface area contributed by atoms with E-state index in [4.69, 9.17) is 4.74 Å². The minimum atomic E-state index is 0.480. The van der Waals surface area contributed by atoms with Crippen molar-refractivity contribution in [1.29, 1.82) is 0 Å². The summed E-state index contributed by atoms with van der Waals surface area (Å²) in [6.07, 6.45) is 3.21. The van der Waals surface area contributed by atoms with E-state index in [1.54, 1.807) is 0 Å². The lowest BCUT2D eigenvalue weighted by atomic mass is 10.2. The fourth-order valence-corrected chi connectivity index (χ4v) is 2.74. The molecular formula is C19H30N6OS. The first-order valence-electron chi connectivity index (χ1n) is 9.15. The molecule has 0 aliphatic carbocycles. The van der Waals surface area contributed by atoms with Gasteiger partial charge >= 0.3 is 0 Å². The Labute approximate surface area is 166 Å². The normalized spacial score (nSPS) is 11.5. The van der Waals surface area contributed by atoms with E-state index in [0.29, 0.717) is 19.7 Å². The number of aromatic nitrogens is 3. The molecule has 0 aliphatic rings. The van der Waals surface area contributed by atoms with Gasteiger partial charge in [0.2, 0.25) is 0 Å². The maximum Gasteiger partial charge on any atom is 0.191 e. The summed E-state index contributed by atoms with van der Waals surface area (Å²) >= 11 is 1.85. The van der Waals surface area contributed by atoms with Crippen LogP contribution in [-0.4, -0.2) is 52.4 Å². The molecule has 27 heavy (non-hydrogen) atoms. The number of nitrogens with one attached hydrogen (secondary N) is 2. The standard InChI is InChI=1S/C19H30N6OS/c1-15-6-8-17(9-7-15)26-12-11-21-19(20-10-5-13-27-4)22-14-18-24-23-16(2)25(18)3/h6-9H,5,10-14H2,1-4H3,(H2,20,21,22). The van der Waals surface area contributed by atoms with Crippen molar-refractivity contribution in [1.82, 2.24) is 25.4 Å². The van der Waals surface area contributed by atoms with Crippen molar-refractivity contribution in [3.63, 3.8) is 0 Å². The van der Waals surface area contributed by atoms with E-state index in [-0.39, 0.29) is 0 Å². The Morgan fingerprint density at radius 1 is 1.15 bits per heavy atom. The summed E-state index contributed by atoms with van der Waals surface area (Å²) in [5.41, 5.74) is 1.23. The molecule has 8 heteroatoms. The van der Waals surface area contributed by atoms with Crippen LogP contribution in [-0.2, 0) is 13.6 Å². The van der Waals surface area contributed by atoms with Crippen molar-refractivity contribution in [2.45, 2.75) is 26.8 Å². The summed E-state index contributed by atoms with van der Waals surface area (Å²) in [6.45, 7) is 6.59. The van der Waals surface area contributed by atoms with E-state index in [2.05, 4.69) is 39.0 Å². The third-order valence-corrected chi connectivity index (χ3v) is 4.76. The summed E-state index contributed by atoms with van der Waals surface area (Å²) < 4.78 is 7.72. The smallest absolute Gasteiger partial charge is 0.191 e. The SMILES string of the molecule is CSCCCNC(=NCc1nnc(C)n1C)NCCOc1ccc(C)cc1. The Kier molecular flexibility index (Phi) is 8.97. The molecule has 148 valence electrons. The van der Waals surface area contributed by atoms with Gasteiger partial charge in [-0.3, -0.25) is 0 Å². The minimum absolute atomic E-state index is 0.480. The van der Waals surface area contributed by atoms with E-state index in [0.717, 1.165) is 42.1 Å². The highest BCUT2D eigenvalue weighted by atomic mass is 32.2. The van der Waals surface area contributed by atoms with Gasteiger partial charge in [0, 0.05) is 13.6 Å². The highest BCUT2D eigenvalue weighted by molar-refractivity contribution is 7.98. The Morgan fingerprint density at radius 3 is 2.56 bits per heavy atom. The van der Waals surface area contributed by atoms with Crippen LogP contribution in [0.2, 0.25) is 0 Å². The van der Waals surface area contributed by atoms with E-state index >= 15 is 0 Å². The van der Waals surface area contributed by atoms with Gasteiger partial charge in [-0.05, 0) is 44.4 Å². The number of guanidine groups is 1. The van der Waals surface area contributed by atoms with Crippen LogP contribution in [0.5, 0.6) is 5.75 Å². The molecule has 0 saturated heterocycles. The Bertz CT molecular complexity index is 713. The van der Waals surface area contributed by atoms with Gasteiger partial charge in [-0.1, -0.05) is 17.7 Å². The molecule has 1 aromatic carbocycles. The molecule has 1 heterocycles. The van der Waals surface area contributed by atoms with Crippen molar-refractivity contribution in [2.75, 3.05) is 31.7 Å². The van der Waals surface area contributed by atoms with Crippen LogP contribution in [0.3, 0.4) is 0 Å². The molecule has 0 fully saturated rings. The zero-order valence-electron chi connectivity index (χ0n) is 16.7. The largest absolute Gasteiger partial charge is 0.492 e. The molecule has 0 amide bonds. The van der Waals surface area contributed by atoms with Crippen molar-refractivity contribution in [3.8, 4) is 5.75 Å². The Hall–Kier alpha value is -2.22. The van der Waals surface area contributed by atoms with Crippen molar-refractivity contribution in [3.05, 3.63) is 41.5 Å². The summed E-state index contributed by atoms with van der Waals surface area (Å²) in [6, 6.07) is 8.07. The molecule has 1 aromatic heterocycles. The highest BCUT2D eigenvalue weighted by Gasteiger charge is 2.05. The number of hydrogen-bond donors (Lipinski definition) is 2. The molecule has 2 aromatic rings. The second-order valence-corrected chi connectivity index (χ2v) is 7.23. The van der Waals surface area contributed by atoms with Crippen LogP contribution in [0.25, 0.3) is 0 Å². The number of thioether (sulfide) groups is 1. The monoisotopic (exact) mass is 390 g/mol. The first-order valence-corrected chi connectivity index (χ1v) is 10.5. The molecule has 0 saturated carbocycles. The molecule has 0 radical (unpaired) electrons. The number of ether oxygens (including phenoxy) is 1. The summed E-state index contributed by atoms with van der Waals surface area (Å²) in [4.78, 5) is 4.63. The third kappa shape index (κ3) is 7.50. The van der Waals surface area contributed by atoms with Crippen molar-refractivity contribution < 1.29 is 4.74 Å². The van der Waals surface area contributed by atoms with Gasteiger partial charge in [-0.15, -0.1) is 10.2 Å². The molecule has 2 rings (SSSR count). The number of aryl methyl sites for hydroxylation is 2. The van der Waals surface area contributed by atoms with Crippen LogP contribution in [0.1, 0.15) is 23.6 Å². The minimum Gasteiger partial charge on any atom is -0.492 e. The quantitative estimate of drug-likeness (QED) is 0.368. The first kappa shape index (κ1) is 21.1. The lowest BCUT2D eigenvalue weighted by Crippen LogP contribution is -2.40. The van der Waals surface area contributed by atoms with Crippen LogP contribution in [0.15, 0.2) is 29.3 Å². The lowest BCUT2D eigenvalue weighted by molar-refractivity contribution is 0.322. The van der Waals surface area contributed by atoms with Gasteiger partial charge in [-0.2, -0.15) is 11.8 Å². The molecule has 2 N–H and O–H groups in total. The topological polar surface area (TPSA) is 76.4 Å². The lowest BCUT2D eigenvalue weighted by Gasteiger charge is -2.13. The van der Waals surface area contributed by atoms with Gasteiger partial charge in [0.25, 0.3) is 0 Å². The van der Waals surface area contributed by atoms with Crippen LogP contribution >= 0.6 is 11.8 Å². The van der Waals surface area contributed by atoms with Gasteiger partial charge < -0.3 is 19.9 Å². The van der Waals surface area contributed by atoms with Gasteiger partial charge in [-0.25, -0.2) is 4.99 Å². The predicted molar refractivity (Wildman–Crippen MR) is 113 cm³/mol. The predicted octanol–water partition coefficient (Wildman–Crippen LogP) is 2.30. The molecule has 0 bridgehead atoms. The number of benzene rings is 1. The molecular weight excluding hydrogens is 360 g/mol. The second-order valence-electron chi connectivity index (χ2n) is 6.25. The highest BCUT2D eigenvalue weighted by Crippen LogP contribution is 2.10. The number of nitrogens with zero attached hydrogens (tertiary/aromatic N) is 4. The molecule has 0 unspecified atom stereocenters. The molecule has 0 atom stereocenters. The zero-order chi connectivity index (χ0) is 19.5. The Balaban J connectivity index is 1.83. The van der Waals surface area contributed by atoms with Crippen molar-refractivity contribution in [2.24, 2.45) is 12.0 Å². The van der Waals surface area contributed by atoms with E-state index in [1.165, 1.54) is 5.56 Å². The number of aliphatic imine (C=N–C) groups is 1. The maximum atomic E-state index is 5.76. The summed E-state index contributed by atoms with van der Waals surface area (Å²) in [5, 5.41) is 14.9. The molecule has 0 spiro atoms. The fraction of sp³-hybridized carbons (Fsp3) is 0.526. The van der Waals surface area contributed by atoms with Gasteiger partial charge in [0.05, 0.1) is 6.54 Å². The van der Waals surface area contributed by atoms with Gasteiger partial charge in [0.1, 0.15) is 24.7 Å². The summed E-state index contributed by atoms with van der Waals surface area (Å²) in [5.74, 6) is 4.50. The molecule has 7 nitrogen and oxygen atoms in total. The maximum absolute atomic E-state index is 5.76. The fourth-order valence-electron chi connectivity index (χ4n) is 2.31. The van der Waals surface area contributed by atoms with Crippen LogP contribution < -0.4 is 15.4 Å². The van der Waals surface area contributed by atoms with Crippen LogP contribution in [0.4, 0.5) is 0 Å². The average Bonchev–Trinajstić information content (AvgIpc) is 2.99. The number of rotatable bonds is 10. The molecule has 0 aliphatic heterocycles. The number of hydrogen-bond acceptors (Lipinski definition) is 5. The second kappa shape index (κ2) is 11.5. The van der Waals surface area contributed by atoms with E-state index < -0.39 is 0 Å². The third-order valence-electron chi connectivity index (χ3n) is 4.06. The zero-order valence-corrected chi connectivity index (χ0v) is 17.5. The summed E-state index contributed by atoms with van der Waals surface area (Å²) in [7, 11) is 1.95. The van der Waals surface area contributed by atoms with Crippen LogP contribution in [0, 0.1) is 13.8 Å². The van der Waals surface area contributed by atoms with E-state index in [9.17, 15) is 0 Å².